The third kappa shape index (κ3) is 3.21. The highest BCUT2D eigenvalue weighted by atomic mass is 16.3. The van der Waals surface area contributed by atoms with E-state index in [1.807, 2.05) is 12.3 Å². The molecule has 4 aliphatic rings. The third-order valence-corrected chi connectivity index (χ3v) is 10.0. The van der Waals surface area contributed by atoms with Crippen molar-refractivity contribution >= 4 is 5.78 Å². The molecule has 0 aliphatic heterocycles. The van der Waals surface area contributed by atoms with Gasteiger partial charge in [-0.25, -0.2) is 0 Å². The van der Waals surface area contributed by atoms with Gasteiger partial charge in [-0.3, -0.25) is 9.48 Å². The van der Waals surface area contributed by atoms with Crippen molar-refractivity contribution < 1.29 is 9.90 Å². The number of Topliss-reactive ketones (excluding diaryl/α,β-unsaturated/α-hetero) is 1. The third-order valence-electron chi connectivity index (χ3n) is 10.0. The number of ketones is 1. The second-order valence-electron chi connectivity index (χ2n) is 11.1. The van der Waals surface area contributed by atoms with Crippen LogP contribution in [-0.4, -0.2) is 26.3 Å². The van der Waals surface area contributed by atoms with E-state index in [0.717, 1.165) is 55.3 Å². The van der Waals surface area contributed by atoms with Crippen LogP contribution in [0.5, 0.6) is 0 Å². The average Bonchev–Trinajstić information content (AvgIpc) is 3.34. The van der Waals surface area contributed by atoms with Crippen LogP contribution in [0.4, 0.5) is 0 Å². The molecule has 4 nitrogen and oxygen atoms in total. The summed E-state index contributed by atoms with van der Waals surface area (Å²) in [7, 11) is 0. The van der Waals surface area contributed by atoms with Gasteiger partial charge in [-0.05, 0) is 105 Å². The van der Waals surface area contributed by atoms with E-state index in [1.165, 1.54) is 38.5 Å². The number of aromatic nitrogens is 2. The number of hydrogen-bond acceptors (Lipinski definition) is 3. The Labute approximate surface area is 175 Å². The Morgan fingerprint density at radius 2 is 1.93 bits per heavy atom. The molecule has 5 rings (SSSR count). The molecule has 1 aromatic rings. The Bertz CT molecular complexity index is 746. The van der Waals surface area contributed by atoms with Crippen LogP contribution in [0.2, 0.25) is 0 Å². The zero-order valence-electron chi connectivity index (χ0n) is 18.2. The smallest absolute Gasteiger partial charge is 0.157 e. The van der Waals surface area contributed by atoms with Crippen LogP contribution >= 0.6 is 0 Å². The Hall–Kier alpha value is -1.16. The van der Waals surface area contributed by atoms with Gasteiger partial charge in [-0.2, -0.15) is 5.10 Å². The zero-order chi connectivity index (χ0) is 20.2. The van der Waals surface area contributed by atoms with Crippen LogP contribution in [0.3, 0.4) is 0 Å². The van der Waals surface area contributed by atoms with Gasteiger partial charge in [0.2, 0.25) is 0 Å². The van der Waals surface area contributed by atoms with Crippen molar-refractivity contribution in [1.29, 1.82) is 0 Å². The summed E-state index contributed by atoms with van der Waals surface area (Å²) in [4.78, 5) is 13.2. The number of nitrogens with zero attached hydrogens (tertiary/aromatic N) is 2. The second kappa shape index (κ2) is 7.21. The first kappa shape index (κ1) is 19.8. The number of aliphatic hydroxyl groups is 1. The van der Waals surface area contributed by atoms with Crippen LogP contribution < -0.4 is 0 Å². The molecule has 0 saturated heterocycles. The van der Waals surface area contributed by atoms with Crippen molar-refractivity contribution in [2.24, 2.45) is 40.9 Å². The fourth-order valence-corrected chi connectivity index (χ4v) is 8.48. The molecular weight excluding hydrogens is 360 g/mol. The zero-order valence-corrected chi connectivity index (χ0v) is 18.2. The van der Waals surface area contributed by atoms with E-state index in [0.29, 0.717) is 12.3 Å². The standard InChI is InChI=1S/C25H38N2O2/c1-3-25(29)12-10-18-17(15-25)5-6-20-19(18)9-11-24(2)21(20)7-8-22(24)23(28)16-27-14-4-13-26-27/h4,13-14,17-22,29H,3,5-12,15-16H2,1-2H3. The minimum atomic E-state index is -0.394. The minimum Gasteiger partial charge on any atom is -0.390 e. The Morgan fingerprint density at radius 1 is 1.10 bits per heavy atom. The molecule has 4 fully saturated rings. The van der Waals surface area contributed by atoms with Gasteiger partial charge in [0.1, 0.15) is 0 Å². The maximum absolute atomic E-state index is 13.2. The summed E-state index contributed by atoms with van der Waals surface area (Å²) >= 11 is 0. The molecule has 4 saturated carbocycles. The normalized spacial score (nSPS) is 46.6. The van der Waals surface area contributed by atoms with Crippen molar-refractivity contribution in [2.45, 2.75) is 90.2 Å². The first-order valence-electron chi connectivity index (χ1n) is 12.2. The predicted octanol–water partition coefficient (Wildman–Crippen LogP) is 4.86. The molecule has 160 valence electrons. The predicted molar refractivity (Wildman–Crippen MR) is 113 cm³/mol. The molecule has 0 radical (unpaired) electrons. The maximum Gasteiger partial charge on any atom is 0.157 e. The monoisotopic (exact) mass is 398 g/mol. The molecule has 4 heteroatoms. The van der Waals surface area contributed by atoms with Crippen molar-refractivity contribution in [2.75, 3.05) is 0 Å². The van der Waals surface area contributed by atoms with Crippen LogP contribution in [0.15, 0.2) is 18.5 Å². The summed E-state index contributed by atoms with van der Waals surface area (Å²) in [6.45, 7) is 5.03. The van der Waals surface area contributed by atoms with Crippen LogP contribution in [0.25, 0.3) is 0 Å². The Balaban J connectivity index is 1.31. The van der Waals surface area contributed by atoms with Gasteiger partial charge >= 0.3 is 0 Å². The molecule has 8 atom stereocenters. The first-order valence-corrected chi connectivity index (χ1v) is 12.2. The van der Waals surface area contributed by atoms with Gasteiger partial charge in [0, 0.05) is 18.3 Å². The summed E-state index contributed by atoms with van der Waals surface area (Å²) in [6, 6.07) is 1.90. The van der Waals surface area contributed by atoms with E-state index in [9.17, 15) is 9.90 Å². The Kier molecular flexibility index (Phi) is 4.92. The Morgan fingerprint density at radius 3 is 2.69 bits per heavy atom. The number of carbonyl (C=O) groups is 1. The lowest BCUT2D eigenvalue weighted by Crippen LogP contribution is -2.51. The molecule has 4 aliphatic carbocycles. The van der Waals surface area contributed by atoms with Gasteiger partial charge < -0.3 is 5.11 Å². The number of fused-ring (bicyclic) bond motifs is 5. The van der Waals surface area contributed by atoms with E-state index in [4.69, 9.17) is 0 Å². The SMILES string of the molecule is CCC1(O)CCC2C(CCC3C2CCC2(C)C(C(=O)Cn4cccn4)CCC32)C1. The van der Waals surface area contributed by atoms with Gasteiger partial charge in [0.25, 0.3) is 0 Å². The highest BCUT2D eigenvalue weighted by Gasteiger charge is 2.58. The summed E-state index contributed by atoms with van der Waals surface area (Å²) in [5, 5.41) is 15.1. The molecule has 0 bridgehead atoms. The fourth-order valence-electron chi connectivity index (χ4n) is 8.48. The maximum atomic E-state index is 13.2. The van der Waals surface area contributed by atoms with E-state index >= 15 is 0 Å². The quantitative estimate of drug-likeness (QED) is 0.788. The van der Waals surface area contributed by atoms with E-state index in [1.54, 1.807) is 10.9 Å². The van der Waals surface area contributed by atoms with Gasteiger partial charge in [-0.15, -0.1) is 0 Å². The highest BCUT2D eigenvalue weighted by molar-refractivity contribution is 5.82. The van der Waals surface area contributed by atoms with E-state index < -0.39 is 5.60 Å². The number of rotatable bonds is 4. The van der Waals surface area contributed by atoms with Gasteiger partial charge in [0.15, 0.2) is 5.78 Å². The summed E-state index contributed by atoms with van der Waals surface area (Å²) in [5.74, 6) is 4.55. The van der Waals surface area contributed by atoms with Crippen LogP contribution in [-0.2, 0) is 11.3 Å². The average molecular weight is 399 g/mol. The molecule has 1 heterocycles. The molecular formula is C25H38N2O2. The lowest BCUT2D eigenvalue weighted by molar-refractivity contribution is -0.133. The number of hydrogen-bond donors (Lipinski definition) is 1. The molecule has 0 aromatic carbocycles. The van der Waals surface area contributed by atoms with Crippen molar-refractivity contribution in [3.8, 4) is 0 Å². The molecule has 0 spiro atoms. The van der Waals surface area contributed by atoms with Gasteiger partial charge in [-0.1, -0.05) is 13.8 Å². The molecule has 1 aromatic heterocycles. The first-order chi connectivity index (χ1) is 13.9. The lowest BCUT2D eigenvalue weighted by atomic mass is 9.48. The van der Waals surface area contributed by atoms with Gasteiger partial charge in [0.05, 0.1) is 12.1 Å². The minimum absolute atomic E-state index is 0.192. The fraction of sp³-hybridized carbons (Fsp3) is 0.840. The largest absolute Gasteiger partial charge is 0.390 e. The summed E-state index contributed by atoms with van der Waals surface area (Å²) in [5.41, 5.74) is -0.203. The highest BCUT2D eigenvalue weighted by Crippen LogP contribution is 2.64. The molecule has 1 N–H and O–H groups in total. The van der Waals surface area contributed by atoms with E-state index in [-0.39, 0.29) is 11.3 Å². The molecule has 8 unspecified atom stereocenters. The second-order valence-corrected chi connectivity index (χ2v) is 11.1. The van der Waals surface area contributed by atoms with Crippen molar-refractivity contribution in [3.05, 3.63) is 18.5 Å². The lowest BCUT2D eigenvalue weighted by Gasteiger charge is -2.57. The van der Waals surface area contributed by atoms with Crippen LogP contribution in [0.1, 0.15) is 78.1 Å². The number of carbonyl (C=O) groups excluding carboxylic acids is 1. The van der Waals surface area contributed by atoms with Crippen molar-refractivity contribution in [1.82, 2.24) is 9.78 Å². The summed E-state index contributed by atoms with van der Waals surface area (Å²) < 4.78 is 1.80. The molecule has 0 amide bonds. The molecule has 29 heavy (non-hydrogen) atoms. The summed E-state index contributed by atoms with van der Waals surface area (Å²) in [6.07, 6.45) is 15.3. The topological polar surface area (TPSA) is 55.1 Å². The van der Waals surface area contributed by atoms with Crippen LogP contribution in [0, 0.1) is 40.9 Å². The van der Waals surface area contributed by atoms with E-state index in [2.05, 4.69) is 18.9 Å². The van der Waals surface area contributed by atoms with Crippen molar-refractivity contribution in [3.63, 3.8) is 0 Å².